The lowest BCUT2D eigenvalue weighted by atomic mass is 10.4. The summed E-state index contributed by atoms with van der Waals surface area (Å²) in [5, 5.41) is 0.200. The van der Waals surface area contributed by atoms with E-state index in [1.807, 2.05) is 11.9 Å². The number of nitrogens with zero attached hydrogens (tertiary/aromatic N) is 2. The van der Waals surface area contributed by atoms with Crippen LogP contribution in [0.15, 0.2) is 28.1 Å². The Morgan fingerprint density at radius 1 is 1.43 bits per heavy atom. The minimum Gasteiger partial charge on any atom is -0.370 e. The number of guanidine groups is 1. The van der Waals surface area contributed by atoms with Crippen molar-refractivity contribution in [1.29, 1.82) is 0 Å². The lowest BCUT2D eigenvalue weighted by Crippen LogP contribution is -2.36. The number of aliphatic imine (C=N–C) groups is 1. The minimum atomic E-state index is -3.73. The van der Waals surface area contributed by atoms with Gasteiger partial charge in [-0.15, -0.1) is 24.0 Å². The van der Waals surface area contributed by atoms with Crippen molar-refractivity contribution in [2.75, 3.05) is 20.1 Å². The van der Waals surface area contributed by atoms with E-state index in [1.54, 1.807) is 0 Å². The standard InChI is InChI=1S/C13H18Cl2N4O2S.HI/c1-19(9-5-6-9)13(16)17-7-8-18-22(20,21)11-4-2-3-10(14)12(11)15;/h2-4,9,18H,5-8H2,1H3,(H2,16,17);1H. The molecule has 0 radical (unpaired) electrons. The van der Waals surface area contributed by atoms with Crippen molar-refractivity contribution in [2.45, 2.75) is 23.8 Å². The van der Waals surface area contributed by atoms with Crippen LogP contribution in [-0.4, -0.2) is 45.5 Å². The smallest absolute Gasteiger partial charge is 0.242 e. The molecule has 1 aromatic rings. The van der Waals surface area contributed by atoms with E-state index in [0.717, 1.165) is 12.8 Å². The summed E-state index contributed by atoms with van der Waals surface area (Å²) >= 11 is 11.7. The normalized spacial score (nSPS) is 15.2. The molecule has 1 aromatic carbocycles. The second kappa shape index (κ2) is 8.70. The Morgan fingerprint density at radius 3 is 2.70 bits per heavy atom. The van der Waals surface area contributed by atoms with Crippen LogP contribution in [0.2, 0.25) is 10.0 Å². The number of nitrogens with one attached hydrogen (secondary N) is 1. The van der Waals surface area contributed by atoms with Crippen molar-refractivity contribution in [3.8, 4) is 0 Å². The van der Waals surface area contributed by atoms with Crippen molar-refractivity contribution in [1.82, 2.24) is 9.62 Å². The zero-order valence-electron chi connectivity index (χ0n) is 12.5. The van der Waals surface area contributed by atoms with Crippen molar-refractivity contribution in [2.24, 2.45) is 10.7 Å². The molecule has 0 aliphatic heterocycles. The van der Waals surface area contributed by atoms with Crippen molar-refractivity contribution < 1.29 is 8.42 Å². The highest BCUT2D eigenvalue weighted by Crippen LogP contribution is 2.28. The maximum absolute atomic E-state index is 12.2. The fourth-order valence-electron chi connectivity index (χ4n) is 1.88. The largest absolute Gasteiger partial charge is 0.370 e. The lowest BCUT2D eigenvalue weighted by molar-refractivity contribution is 0.487. The maximum Gasteiger partial charge on any atom is 0.242 e. The second-order valence-electron chi connectivity index (χ2n) is 5.03. The first-order valence-electron chi connectivity index (χ1n) is 6.79. The van der Waals surface area contributed by atoms with E-state index in [4.69, 9.17) is 28.9 Å². The van der Waals surface area contributed by atoms with E-state index in [1.165, 1.54) is 18.2 Å². The molecule has 0 atom stereocenters. The van der Waals surface area contributed by atoms with E-state index >= 15 is 0 Å². The Kier molecular flexibility index (Phi) is 7.85. The van der Waals surface area contributed by atoms with Crippen LogP contribution < -0.4 is 10.5 Å². The summed E-state index contributed by atoms with van der Waals surface area (Å²) in [6, 6.07) is 4.92. The Balaban J connectivity index is 0.00000264. The molecule has 0 spiro atoms. The van der Waals surface area contributed by atoms with Crippen LogP contribution in [0.5, 0.6) is 0 Å². The minimum absolute atomic E-state index is 0. The molecule has 10 heteroatoms. The Morgan fingerprint density at radius 2 is 2.09 bits per heavy atom. The van der Waals surface area contributed by atoms with E-state index in [2.05, 4.69) is 9.71 Å². The summed E-state index contributed by atoms with van der Waals surface area (Å²) in [5.41, 5.74) is 5.82. The monoisotopic (exact) mass is 492 g/mol. The van der Waals surface area contributed by atoms with Gasteiger partial charge in [0.1, 0.15) is 4.90 Å². The van der Waals surface area contributed by atoms with Crippen molar-refractivity contribution in [3.63, 3.8) is 0 Å². The summed E-state index contributed by atoms with van der Waals surface area (Å²) in [6.07, 6.45) is 2.24. The number of nitrogens with two attached hydrogens (primary N) is 1. The molecule has 1 fully saturated rings. The van der Waals surface area contributed by atoms with E-state index in [-0.39, 0.29) is 52.0 Å². The predicted molar refractivity (Wildman–Crippen MR) is 104 cm³/mol. The predicted octanol–water partition coefficient (Wildman–Crippen LogP) is 2.30. The average Bonchev–Trinajstić information content (AvgIpc) is 3.30. The number of hydrogen-bond donors (Lipinski definition) is 2. The molecule has 0 bridgehead atoms. The Labute approximate surface area is 163 Å². The first-order valence-corrected chi connectivity index (χ1v) is 9.03. The molecule has 130 valence electrons. The highest BCUT2D eigenvalue weighted by molar-refractivity contribution is 14.0. The molecule has 0 aromatic heterocycles. The van der Waals surface area contributed by atoms with Gasteiger partial charge in [0, 0.05) is 19.6 Å². The molecule has 1 saturated carbocycles. The van der Waals surface area contributed by atoms with Crippen LogP contribution in [0.4, 0.5) is 0 Å². The second-order valence-corrected chi connectivity index (χ2v) is 7.55. The van der Waals surface area contributed by atoms with Crippen LogP contribution in [0.25, 0.3) is 0 Å². The zero-order valence-corrected chi connectivity index (χ0v) is 17.2. The van der Waals surface area contributed by atoms with Gasteiger partial charge in [-0.2, -0.15) is 0 Å². The van der Waals surface area contributed by atoms with E-state index < -0.39 is 10.0 Å². The highest BCUT2D eigenvalue weighted by atomic mass is 127. The summed E-state index contributed by atoms with van der Waals surface area (Å²) in [4.78, 5) is 6.01. The third kappa shape index (κ3) is 5.63. The first-order chi connectivity index (χ1) is 10.3. The molecule has 2 rings (SSSR count). The highest BCUT2D eigenvalue weighted by Gasteiger charge is 2.27. The van der Waals surface area contributed by atoms with Gasteiger partial charge in [0.15, 0.2) is 5.96 Å². The molecule has 0 unspecified atom stereocenters. The summed E-state index contributed by atoms with van der Waals surface area (Å²) < 4.78 is 26.7. The molecule has 23 heavy (non-hydrogen) atoms. The fourth-order valence-corrected chi connectivity index (χ4v) is 3.66. The van der Waals surface area contributed by atoms with Gasteiger partial charge in [0.05, 0.1) is 16.6 Å². The Bertz CT molecular complexity index is 681. The number of hydrogen-bond acceptors (Lipinski definition) is 3. The molecular weight excluding hydrogens is 474 g/mol. The van der Waals surface area contributed by atoms with Crippen LogP contribution >= 0.6 is 47.2 Å². The summed E-state index contributed by atoms with van der Waals surface area (Å²) in [7, 11) is -1.84. The molecule has 6 nitrogen and oxygen atoms in total. The van der Waals surface area contributed by atoms with E-state index in [0.29, 0.717) is 12.0 Å². The molecule has 0 saturated heterocycles. The van der Waals surface area contributed by atoms with Gasteiger partial charge in [0.25, 0.3) is 0 Å². The molecular formula is C13H19Cl2IN4O2S. The van der Waals surface area contributed by atoms with Gasteiger partial charge in [-0.25, -0.2) is 13.1 Å². The SMILES string of the molecule is CN(C(N)=NCCNS(=O)(=O)c1cccc(Cl)c1Cl)C1CC1.I. The summed E-state index contributed by atoms with van der Waals surface area (Å²) in [5.74, 6) is 0.419. The summed E-state index contributed by atoms with van der Waals surface area (Å²) in [6.45, 7) is 0.380. The molecule has 3 N–H and O–H groups in total. The maximum atomic E-state index is 12.2. The number of rotatable bonds is 6. The Hall–Kier alpha value is -0.290. The van der Waals surface area contributed by atoms with Crippen molar-refractivity contribution >= 4 is 63.2 Å². The number of benzene rings is 1. The van der Waals surface area contributed by atoms with Gasteiger partial charge in [0.2, 0.25) is 10.0 Å². The first kappa shape index (κ1) is 20.8. The van der Waals surface area contributed by atoms with Crippen molar-refractivity contribution in [3.05, 3.63) is 28.2 Å². The van der Waals surface area contributed by atoms with Gasteiger partial charge >= 0.3 is 0 Å². The molecule has 0 heterocycles. The van der Waals surface area contributed by atoms with E-state index in [9.17, 15) is 8.42 Å². The zero-order chi connectivity index (χ0) is 16.3. The van der Waals surface area contributed by atoms with Crippen LogP contribution in [0.3, 0.4) is 0 Å². The van der Waals surface area contributed by atoms with Crippen LogP contribution in [0.1, 0.15) is 12.8 Å². The van der Waals surface area contributed by atoms with Gasteiger partial charge < -0.3 is 10.6 Å². The van der Waals surface area contributed by atoms with Crippen LogP contribution in [-0.2, 0) is 10.0 Å². The molecule has 1 aliphatic rings. The van der Waals surface area contributed by atoms with Crippen LogP contribution in [0, 0.1) is 0 Å². The fraction of sp³-hybridized carbons (Fsp3) is 0.462. The molecule has 0 amide bonds. The van der Waals surface area contributed by atoms with Gasteiger partial charge in [-0.1, -0.05) is 29.3 Å². The van der Waals surface area contributed by atoms with Gasteiger partial charge in [-0.3, -0.25) is 4.99 Å². The average molecular weight is 493 g/mol. The number of sulfonamides is 1. The molecule has 1 aliphatic carbocycles. The quantitative estimate of drug-likeness (QED) is 0.276. The topological polar surface area (TPSA) is 87.8 Å². The lowest BCUT2D eigenvalue weighted by Gasteiger charge is -2.16. The number of halogens is 3. The third-order valence-electron chi connectivity index (χ3n) is 3.34. The van der Waals surface area contributed by atoms with Gasteiger partial charge in [-0.05, 0) is 25.0 Å². The third-order valence-corrected chi connectivity index (χ3v) is 5.77.